The zero-order valence-corrected chi connectivity index (χ0v) is 28.9. The Bertz CT molecular complexity index is 1020. The van der Waals surface area contributed by atoms with Gasteiger partial charge in [-0.3, -0.25) is 15.3 Å². The van der Waals surface area contributed by atoms with Gasteiger partial charge in [-0.1, -0.05) is 13.3 Å². The van der Waals surface area contributed by atoms with E-state index in [0.717, 1.165) is 83.6 Å². The van der Waals surface area contributed by atoms with E-state index in [0.29, 0.717) is 37.0 Å². The number of hydrogen-bond donors (Lipinski definition) is 3. The Labute approximate surface area is 277 Å². The smallest absolute Gasteiger partial charge is 0.302 e. The van der Waals surface area contributed by atoms with Crippen LogP contribution in [-0.2, 0) is 23.8 Å². The van der Waals surface area contributed by atoms with Crippen molar-refractivity contribution < 1.29 is 34.2 Å². The number of hydrogen-bond acceptors (Lipinski definition) is 8. The van der Waals surface area contributed by atoms with Crippen molar-refractivity contribution in [3.63, 3.8) is 0 Å². The highest BCUT2D eigenvalue weighted by Crippen LogP contribution is 2.35. The topological polar surface area (TPSA) is 137 Å². The first-order valence-corrected chi connectivity index (χ1v) is 18.4. The fourth-order valence-corrected chi connectivity index (χ4v) is 8.24. The lowest BCUT2D eigenvalue weighted by atomic mass is 9.81. The molecule has 0 bridgehead atoms. The number of nitrogens with two attached hydrogens (primary N) is 2. The van der Waals surface area contributed by atoms with Crippen LogP contribution >= 0.6 is 0 Å². The van der Waals surface area contributed by atoms with Gasteiger partial charge in [-0.05, 0) is 94.8 Å². The Hall–Kier alpha value is -1.78. The Morgan fingerprint density at radius 1 is 1.09 bits per heavy atom. The van der Waals surface area contributed by atoms with Crippen LogP contribution in [0.2, 0.25) is 0 Å². The second kappa shape index (κ2) is 19.3. The molecule has 1 saturated heterocycles. The molecular formula is C37H63N3O6+2. The van der Waals surface area contributed by atoms with Gasteiger partial charge in [0.15, 0.2) is 6.21 Å². The van der Waals surface area contributed by atoms with Crippen molar-refractivity contribution in [2.75, 3.05) is 13.7 Å². The Balaban J connectivity index is 1.20. The van der Waals surface area contributed by atoms with Gasteiger partial charge in [-0.25, -0.2) is 0 Å². The summed E-state index contributed by atoms with van der Waals surface area (Å²) in [6.45, 7) is 6.82. The van der Waals surface area contributed by atoms with E-state index in [9.17, 15) is 14.7 Å². The summed E-state index contributed by atoms with van der Waals surface area (Å²) in [6.07, 6.45) is 18.1. The first-order valence-electron chi connectivity index (χ1n) is 18.4. The number of aliphatic hydroxyl groups is 1. The summed E-state index contributed by atoms with van der Waals surface area (Å²) in [5.41, 5.74) is 8.86. The molecule has 0 amide bonds. The third kappa shape index (κ3) is 12.3. The number of piperidine rings is 1. The molecule has 7 unspecified atom stereocenters. The van der Waals surface area contributed by atoms with E-state index in [1.165, 1.54) is 30.9 Å². The molecule has 9 atom stereocenters. The van der Waals surface area contributed by atoms with Crippen LogP contribution in [0.4, 0.5) is 0 Å². The predicted molar refractivity (Wildman–Crippen MR) is 180 cm³/mol. The first-order chi connectivity index (χ1) is 22.2. The van der Waals surface area contributed by atoms with Crippen LogP contribution in [0.25, 0.3) is 0 Å². The number of rotatable bonds is 18. The maximum atomic E-state index is 13.1. The molecule has 9 heteroatoms. The fourth-order valence-electron chi connectivity index (χ4n) is 8.24. The van der Waals surface area contributed by atoms with Crippen LogP contribution in [-0.4, -0.2) is 73.4 Å². The summed E-state index contributed by atoms with van der Waals surface area (Å²) >= 11 is 0. The molecule has 0 spiro atoms. The number of ketones is 1. The number of esters is 1. The number of carbonyl (C=O) groups is 2. The van der Waals surface area contributed by atoms with Gasteiger partial charge >= 0.3 is 5.97 Å². The van der Waals surface area contributed by atoms with Gasteiger partial charge in [0, 0.05) is 46.1 Å². The van der Waals surface area contributed by atoms with Gasteiger partial charge in [0.1, 0.15) is 30.2 Å². The third-order valence-electron chi connectivity index (χ3n) is 11.1. The lowest BCUT2D eigenvalue weighted by molar-refractivity contribution is -0.699. The number of Topliss-reactive ketones (excluding diaryl/α,β-unsaturated/α-hetero) is 1. The number of methoxy groups -OCH3 is 1. The minimum Gasteiger partial charge on any atom is -0.462 e. The number of quaternary nitrogens is 1. The monoisotopic (exact) mass is 645 g/mol. The van der Waals surface area contributed by atoms with Crippen molar-refractivity contribution in [1.82, 2.24) is 0 Å². The number of carbonyl (C=O) groups excluding carboxylic acids is 2. The second-order valence-electron chi connectivity index (χ2n) is 14.7. The molecule has 0 aromatic carbocycles. The summed E-state index contributed by atoms with van der Waals surface area (Å²) in [4.78, 5) is 29.6. The molecule has 46 heavy (non-hydrogen) atoms. The number of aliphatic hydroxyl groups excluding tert-OH is 1. The lowest BCUT2D eigenvalue weighted by Crippen LogP contribution is -2.94. The van der Waals surface area contributed by atoms with Crippen LogP contribution < -0.4 is 11.1 Å². The highest BCUT2D eigenvalue weighted by Gasteiger charge is 2.35. The quantitative estimate of drug-likeness (QED) is 0.142. The molecule has 4 aliphatic rings. The SMILES string of the molecule is CC[C@H](CC[C@H](CC(=O)CCC1CCC(OC2CCCC(O)C2)C(OC)C1)OC(C)=O)CC1=C(CCC2CC[NH2+]C(N)C2)[CH+]N=C1. The number of nitrogens with zero attached hydrogens (tertiary/aromatic N) is 1. The summed E-state index contributed by atoms with van der Waals surface area (Å²) in [6, 6.07) is 0. The molecule has 0 radical (unpaired) electrons. The summed E-state index contributed by atoms with van der Waals surface area (Å²) in [5, 5.41) is 12.3. The van der Waals surface area contributed by atoms with Crippen LogP contribution in [0.15, 0.2) is 16.1 Å². The van der Waals surface area contributed by atoms with Crippen LogP contribution in [0, 0.1) is 24.3 Å². The van der Waals surface area contributed by atoms with Crippen LogP contribution in [0.1, 0.15) is 129 Å². The Morgan fingerprint density at radius 3 is 2.65 bits per heavy atom. The van der Waals surface area contributed by atoms with E-state index in [1.54, 1.807) is 7.11 Å². The van der Waals surface area contributed by atoms with Crippen molar-refractivity contribution in [2.45, 2.75) is 166 Å². The maximum Gasteiger partial charge on any atom is 0.302 e. The predicted octanol–water partition coefficient (Wildman–Crippen LogP) is 4.94. The van der Waals surface area contributed by atoms with Gasteiger partial charge in [0.05, 0.1) is 36.5 Å². The van der Waals surface area contributed by atoms with Gasteiger partial charge in [0.25, 0.3) is 0 Å². The molecule has 260 valence electrons. The van der Waals surface area contributed by atoms with Gasteiger partial charge < -0.3 is 24.6 Å². The molecule has 0 aromatic heterocycles. The number of aliphatic imine (C=N–C) groups is 1. The van der Waals surface area contributed by atoms with Crippen LogP contribution in [0.3, 0.4) is 0 Å². The van der Waals surface area contributed by atoms with Crippen molar-refractivity contribution >= 4 is 18.0 Å². The molecular weight excluding hydrogens is 582 g/mol. The van der Waals surface area contributed by atoms with E-state index in [2.05, 4.69) is 17.2 Å². The largest absolute Gasteiger partial charge is 0.462 e. The third-order valence-corrected chi connectivity index (χ3v) is 11.1. The molecule has 4 rings (SSSR count). The highest BCUT2D eigenvalue weighted by molar-refractivity contribution is 5.84. The molecule has 0 aromatic rings. The molecule has 5 N–H and O–H groups in total. The molecule has 2 heterocycles. The minimum absolute atomic E-state index is 0.0232. The van der Waals surface area contributed by atoms with Gasteiger partial charge in [0.2, 0.25) is 0 Å². The molecule has 3 fully saturated rings. The Morgan fingerprint density at radius 2 is 1.91 bits per heavy atom. The van der Waals surface area contributed by atoms with Crippen molar-refractivity contribution in [1.29, 1.82) is 0 Å². The van der Waals surface area contributed by atoms with Crippen molar-refractivity contribution in [2.24, 2.45) is 28.5 Å². The Kier molecular flexibility index (Phi) is 15.5. The van der Waals surface area contributed by atoms with Gasteiger partial charge in [-0.15, -0.1) is 4.99 Å². The van der Waals surface area contributed by atoms with Gasteiger partial charge in [-0.2, -0.15) is 0 Å². The van der Waals surface area contributed by atoms with E-state index in [4.69, 9.17) is 19.9 Å². The second-order valence-corrected chi connectivity index (χ2v) is 14.7. The molecule has 9 nitrogen and oxygen atoms in total. The average Bonchev–Trinajstić information content (AvgIpc) is 3.48. The van der Waals surface area contributed by atoms with E-state index in [-0.39, 0.29) is 54.9 Å². The average molecular weight is 646 g/mol. The fraction of sp³-hybridized carbons (Fsp3) is 0.838. The van der Waals surface area contributed by atoms with Crippen LogP contribution in [0.5, 0.6) is 0 Å². The first kappa shape index (κ1) is 37.0. The lowest BCUT2D eigenvalue weighted by Gasteiger charge is -2.38. The standard InChI is InChI=1S/C37H62N3O6/c1-4-26(18-30-24-39-23-29(30)12-8-28-16-17-40-37(38)20-28)10-14-34(45-25(2)41)22-32(43)13-9-27-11-15-35(36(19-27)44-3)46-33-7-5-6-31(42)21-33/h23-24,26-28,31,33-37,40,42H,4-22,38H2,1-3H3/q+1/p+1/t26-,27?,28?,31?,33?,34-,35?,36?,37?/m1/s1. The summed E-state index contributed by atoms with van der Waals surface area (Å²) in [5.74, 6) is 1.42. The minimum atomic E-state index is -0.370. The zero-order valence-electron chi connectivity index (χ0n) is 28.9. The number of allylic oxidation sites excluding steroid dienone is 1. The molecule has 2 saturated carbocycles. The molecule has 2 aliphatic heterocycles. The van der Waals surface area contributed by atoms with E-state index >= 15 is 0 Å². The van der Waals surface area contributed by atoms with Crippen molar-refractivity contribution in [3.8, 4) is 0 Å². The molecule has 2 aliphatic carbocycles. The summed E-state index contributed by atoms with van der Waals surface area (Å²) < 4.78 is 17.9. The highest BCUT2D eigenvalue weighted by atomic mass is 16.5. The maximum absolute atomic E-state index is 13.1. The van der Waals surface area contributed by atoms with Crippen molar-refractivity contribution in [3.05, 3.63) is 17.7 Å². The van der Waals surface area contributed by atoms with E-state index in [1.807, 2.05) is 12.8 Å². The zero-order chi connectivity index (χ0) is 32.9. The normalized spacial score (nSPS) is 31.4. The number of ether oxygens (including phenoxy) is 3. The van der Waals surface area contributed by atoms with E-state index < -0.39 is 0 Å². The summed E-state index contributed by atoms with van der Waals surface area (Å²) in [7, 11) is 1.75.